The van der Waals surface area contributed by atoms with E-state index in [0.29, 0.717) is 0 Å². The largest absolute Gasteiger partial charge is 0.436 e. The zero-order valence-corrected chi connectivity index (χ0v) is 10.7. The van der Waals surface area contributed by atoms with E-state index in [1.165, 1.54) is 19.3 Å². The number of methoxy groups -OCH3 is 1. The van der Waals surface area contributed by atoms with Crippen LogP contribution in [-0.4, -0.2) is 19.4 Å². The van der Waals surface area contributed by atoms with Crippen LogP contribution in [0.3, 0.4) is 0 Å². The summed E-state index contributed by atoms with van der Waals surface area (Å²) in [6.45, 7) is 1.78. The maximum absolute atomic E-state index is 12.0. The summed E-state index contributed by atoms with van der Waals surface area (Å²) in [6.07, 6.45) is 5.98. The summed E-state index contributed by atoms with van der Waals surface area (Å²) in [4.78, 5) is 12.0. The van der Waals surface area contributed by atoms with Crippen molar-refractivity contribution in [2.45, 2.75) is 45.3 Å². The molecule has 0 spiro atoms. The molecule has 5 atom stereocenters. The third-order valence-electron chi connectivity index (χ3n) is 5.34. The fourth-order valence-electron chi connectivity index (χ4n) is 4.52. The molecule has 3 aliphatic carbocycles. The molecule has 3 fully saturated rings. The molecular weight excluding hydrogens is 216 g/mol. The van der Waals surface area contributed by atoms with Gasteiger partial charge in [-0.15, -0.1) is 0 Å². The fourth-order valence-corrected chi connectivity index (χ4v) is 4.52. The molecule has 3 saturated carbocycles. The molecule has 0 aliphatic heterocycles. The minimum atomic E-state index is -0.403. The monoisotopic (exact) mass is 238 g/mol. The Morgan fingerprint density at radius 1 is 1.12 bits per heavy atom. The fraction of sp³-hybridized carbons (Fsp3) is 0.929. The van der Waals surface area contributed by atoms with Crippen molar-refractivity contribution < 1.29 is 14.3 Å². The van der Waals surface area contributed by atoms with E-state index in [9.17, 15) is 4.79 Å². The molecule has 3 aliphatic rings. The lowest BCUT2D eigenvalue weighted by atomic mass is 9.82. The smallest absolute Gasteiger partial charge is 0.311 e. The van der Waals surface area contributed by atoms with Crippen molar-refractivity contribution in [3.8, 4) is 0 Å². The summed E-state index contributed by atoms with van der Waals surface area (Å²) in [5.41, 5.74) is 0. The average molecular weight is 238 g/mol. The third-order valence-corrected chi connectivity index (χ3v) is 5.34. The van der Waals surface area contributed by atoms with Gasteiger partial charge < -0.3 is 9.47 Å². The number of ether oxygens (including phenoxy) is 2. The first-order valence-corrected chi connectivity index (χ1v) is 6.92. The quantitative estimate of drug-likeness (QED) is 0.560. The molecule has 0 N–H and O–H groups in total. The van der Waals surface area contributed by atoms with Crippen molar-refractivity contribution in [1.29, 1.82) is 0 Å². The molecule has 2 bridgehead atoms. The molecule has 5 unspecified atom stereocenters. The topological polar surface area (TPSA) is 35.5 Å². The number of carbonyl (C=O) groups is 1. The molecule has 0 heterocycles. The second-order valence-corrected chi connectivity index (χ2v) is 6.07. The lowest BCUT2D eigenvalue weighted by Crippen LogP contribution is -2.22. The first kappa shape index (κ1) is 11.5. The number of fused-ring (bicyclic) bond motifs is 5. The summed E-state index contributed by atoms with van der Waals surface area (Å²) in [5.74, 6) is 3.60. The van der Waals surface area contributed by atoms with Gasteiger partial charge in [0.15, 0.2) is 6.29 Å². The van der Waals surface area contributed by atoms with Crippen molar-refractivity contribution >= 4 is 5.97 Å². The van der Waals surface area contributed by atoms with E-state index in [1.807, 2.05) is 0 Å². The molecule has 96 valence electrons. The van der Waals surface area contributed by atoms with Gasteiger partial charge >= 0.3 is 5.97 Å². The van der Waals surface area contributed by atoms with Crippen LogP contribution >= 0.6 is 0 Å². The van der Waals surface area contributed by atoms with E-state index < -0.39 is 6.29 Å². The lowest BCUT2D eigenvalue weighted by Gasteiger charge is -2.23. The number of esters is 1. The zero-order valence-electron chi connectivity index (χ0n) is 10.7. The van der Waals surface area contributed by atoms with Crippen molar-refractivity contribution in [2.75, 3.05) is 7.11 Å². The molecule has 0 radical (unpaired) electrons. The van der Waals surface area contributed by atoms with Crippen LogP contribution in [-0.2, 0) is 14.3 Å². The summed E-state index contributed by atoms with van der Waals surface area (Å²) in [5, 5.41) is 0. The first-order chi connectivity index (χ1) is 8.19. The minimum Gasteiger partial charge on any atom is -0.436 e. The second kappa shape index (κ2) is 4.27. The normalized spacial score (nSPS) is 44.7. The van der Waals surface area contributed by atoms with Crippen LogP contribution in [0.4, 0.5) is 0 Å². The summed E-state index contributed by atoms with van der Waals surface area (Å²) < 4.78 is 10.3. The van der Waals surface area contributed by atoms with Crippen LogP contribution < -0.4 is 0 Å². The minimum absolute atomic E-state index is 0.0341. The Morgan fingerprint density at radius 3 is 2.24 bits per heavy atom. The predicted octanol–water partition coefficient (Wildman–Crippen LogP) is 2.59. The number of rotatable bonds is 3. The van der Waals surface area contributed by atoms with Crippen molar-refractivity contribution in [3.63, 3.8) is 0 Å². The molecule has 3 nitrogen and oxygen atoms in total. The van der Waals surface area contributed by atoms with Crippen LogP contribution in [0.25, 0.3) is 0 Å². The maximum Gasteiger partial charge on any atom is 0.311 e. The van der Waals surface area contributed by atoms with Crippen LogP contribution in [0.5, 0.6) is 0 Å². The highest BCUT2D eigenvalue weighted by Crippen LogP contribution is 2.60. The first-order valence-electron chi connectivity index (χ1n) is 6.92. The Kier molecular flexibility index (Phi) is 2.89. The second-order valence-electron chi connectivity index (χ2n) is 6.07. The van der Waals surface area contributed by atoms with Gasteiger partial charge in [0.1, 0.15) is 0 Å². The Morgan fingerprint density at radius 2 is 1.71 bits per heavy atom. The standard InChI is InChI=1S/C14H22O3/c1-8(16-2)17-14(15)11-6-12-9-3-4-10(5-9)13(12)7-11/h8-13H,3-7H2,1-2H3. The molecule has 0 aromatic heterocycles. The van der Waals surface area contributed by atoms with E-state index in [1.54, 1.807) is 14.0 Å². The van der Waals surface area contributed by atoms with Crippen LogP contribution in [0.1, 0.15) is 39.0 Å². The van der Waals surface area contributed by atoms with Crippen LogP contribution in [0.15, 0.2) is 0 Å². The number of hydrogen-bond donors (Lipinski definition) is 0. The maximum atomic E-state index is 12.0. The third kappa shape index (κ3) is 1.88. The van der Waals surface area contributed by atoms with E-state index in [4.69, 9.17) is 9.47 Å². The summed E-state index contributed by atoms with van der Waals surface area (Å²) >= 11 is 0. The highest BCUT2D eigenvalue weighted by atomic mass is 16.7. The van der Waals surface area contributed by atoms with E-state index in [0.717, 1.165) is 36.5 Å². The predicted molar refractivity (Wildman–Crippen MR) is 63.1 cm³/mol. The molecule has 0 aromatic rings. The van der Waals surface area contributed by atoms with Gasteiger partial charge in [-0.2, -0.15) is 0 Å². The van der Waals surface area contributed by atoms with Gasteiger partial charge in [-0.1, -0.05) is 0 Å². The Bertz CT molecular complexity index is 297. The molecule has 0 saturated heterocycles. The molecule has 17 heavy (non-hydrogen) atoms. The van der Waals surface area contributed by atoms with Gasteiger partial charge in [-0.25, -0.2) is 0 Å². The molecular formula is C14H22O3. The van der Waals surface area contributed by atoms with Gasteiger partial charge in [0, 0.05) is 7.11 Å². The van der Waals surface area contributed by atoms with Crippen LogP contribution in [0.2, 0.25) is 0 Å². The van der Waals surface area contributed by atoms with Crippen molar-refractivity contribution in [1.82, 2.24) is 0 Å². The van der Waals surface area contributed by atoms with Gasteiger partial charge in [-0.3, -0.25) is 4.79 Å². The Labute approximate surface area is 103 Å². The summed E-state index contributed by atoms with van der Waals surface area (Å²) in [7, 11) is 1.57. The van der Waals surface area contributed by atoms with Gasteiger partial charge in [0.05, 0.1) is 5.92 Å². The van der Waals surface area contributed by atoms with E-state index >= 15 is 0 Å². The van der Waals surface area contributed by atoms with Gasteiger partial charge in [-0.05, 0) is 62.7 Å². The highest BCUT2D eigenvalue weighted by molar-refractivity contribution is 5.73. The van der Waals surface area contributed by atoms with Crippen LogP contribution in [0, 0.1) is 29.6 Å². The SMILES string of the molecule is COC(C)OC(=O)C1CC2C3CCC(C3)C2C1. The van der Waals surface area contributed by atoms with Crippen molar-refractivity contribution in [2.24, 2.45) is 29.6 Å². The van der Waals surface area contributed by atoms with Gasteiger partial charge in [0.25, 0.3) is 0 Å². The molecule has 0 aromatic carbocycles. The Hall–Kier alpha value is -0.570. The molecule has 3 rings (SSSR count). The average Bonchev–Trinajstić information content (AvgIpc) is 3.00. The highest BCUT2D eigenvalue weighted by Gasteiger charge is 2.53. The number of carbonyl (C=O) groups excluding carboxylic acids is 1. The zero-order chi connectivity index (χ0) is 12.0. The molecule has 0 amide bonds. The Balaban J connectivity index is 1.59. The van der Waals surface area contributed by atoms with E-state index in [-0.39, 0.29) is 11.9 Å². The lowest BCUT2D eigenvalue weighted by molar-refractivity contribution is -0.174. The molecule has 3 heteroatoms. The van der Waals surface area contributed by atoms with Crippen molar-refractivity contribution in [3.05, 3.63) is 0 Å². The summed E-state index contributed by atoms with van der Waals surface area (Å²) in [6, 6.07) is 0. The van der Waals surface area contributed by atoms with E-state index in [2.05, 4.69) is 0 Å². The van der Waals surface area contributed by atoms with Gasteiger partial charge in [0.2, 0.25) is 0 Å². The number of hydrogen-bond acceptors (Lipinski definition) is 3.